The van der Waals surface area contributed by atoms with E-state index in [4.69, 9.17) is 4.42 Å². The van der Waals surface area contributed by atoms with Gasteiger partial charge in [0.25, 0.3) is 0 Å². The summed E-state index contributed by atoms with van der Waals surface area (Å²) >= 11 is 0. The van der Waals surface area contributed by atoms with Crippen molar-refractivity contribution in [1.82, 2.24) is 0 Å². The van der Waals surface area contributed by atoms with Crippen LogP contribution >= 0.6 is 0 Å². The van der Waals surface area contributed by atoms with Gasteiger partial charge in [-0.25, -0.2) is 0 Å². The van der Waals surface area contributed by atoms with Crippen molar-refractivity contribution in [3.8, 4) is 66.8 Å². The van der Waals surface area contributed by atoms with Crippen LogP contribution < -0.4 is 4.90 Å². The molecule has 0 amide bonds. The summed E-state index contributed by atoms with van der Waals surface area (Å²) in [6, 6.07) is 100. The molecule has 0 saturated heterocycles. The summed E-state index contributed by atoms with van der Waals surface area (Å²) in [7, 11) is 0. The molecule has 340 valence electrons. The van der Waals surface area contributed by atoms with Crippen molar-refractivity contribution in [3.63, 3.8) is 0 Å². The van der Waals surface area contributed by atoms with Crippen molar-refractivity contribution < 1.29 is 4.42 Å². The first-order valence-electron chi connectivity index (χ1n) is 25.2. The maximum atomic E-state index is 6.56. The van der Waals surface area contributed by atoms with Gasteiger partial charge >= 0.3 is 0 Å². The summed E-state index contributed by atoms with van der Waals surface area (Å²) in [6.07, 6.45) is 0. The molecule has 2 nitrogen and oxygen atoms in total. The van der Waals surface area contributed by atoms with E-state index in [1.807, 2.05) is 6.07 Å². The Morgan fingerprint density at radius 2 is 0.753 bits per heavy atom. The Balaban J connectivity index is 0.958. The van der Waals surface area contributed by atoms with Crippen LogP contribution in [-0.2, 0) is 5.41 Å². The molecule has 2 heteroatoms. The van der Waals surface area contributed by atoms with E-state index in [-0.39, 0.29) is 0 Å². The molecule has 0 bridgehead atoms. The van der Waals surface area contributed by atoms with Crippen LogP contribution in [0.1, 0.15) is 22.3 Å². The van der Waals surface area contributed by atoms with Crippen molar-refractivity contribution >= 4 is 49.8 Å². The SMILES string of the molecule is c1ccc(-c2ccc(-c3cccc4c3C3(c5ccccc5-c5ccccc53)c3ccccc3-4)cc2N(c2ccc(-c3cccc4ccccc34)cc2)c2ccc(-c3cccc4c3oc3ccccc34)cc2)cc1. The maximum Gasteiger partial charge on any atom is 0.143 e. The van der Waals surface area contributed by atoms with Crippen molar-refractivity contribution in [2.24, 2.45) is 0 Å². The van der Waals surface area contributed by atoms with E-state index in [1.165, 1.54) is 72.0 Å². The Labute approximate surface area is 424 Å². The number of anilines is 3. The van der Waals surface area contributed by atoms with Gasteiger partial charge in [0.15, 0.2) is 0 Å². The summed E-state index contributed by atoms with van der Waals surface area (Å²) in [5.41, 5.74) is 24.2. The van der Waals surface area contributed by atoms with Gasteiger partial charge in [0.2, 0.25) is 0 Å². The standard InChI is InChI=1S/C71H45NO/c1-2-17-47(18-3-1)55-44-39-50(56-27-15-29-62-60-24-8-12-33-66(60)71(69(56)62)64-31-10-6-22-58(64)59-23-7-11-32-65(59)71)45-67(55)72(51-40-35-48(36-41-51)54-26-14-20-46-19-4-5-21-53(46)54)52-42-37-49(38-43-52)57-28-16-30-63-61-25-9-13-34-68(61)73-70(57)63/h1-45H. The molecule has 13 aromatic rings. The maximum absolute atomic E-state index is 6.56. The Hall–Kier alpha value is -9.50. The molecular formula is C71H45NO. The smallest absolute Gasteiger partial charge is 0.143 e. The van der Waals surface area contributed by atoms with Gasteiger partial charge in [-0.05, 0) is 125 Å². The van der Waals surface area contributed by atoms with Crippen LogP contribution in [0.4, 0.5) is 17.1 Å². The fraction of sp³-hybridized carbons (Fsp3) is 0.0141. The quantitative estimate of drug-likeness (QED) is 0.158. The predicted octanol–water partition coefficient (Wildman–Crippen LogP) is 19.2. The van der Waals surface area contributed by atoms with Crippen LogP contribution in [0.2, 0.25) is 0 Å². The highest BCUT2D eigenvalue weighted by molar-refractivity contribution is 6.10. The Morgan fingerprint density at radius 1 is 0.288 bits per heavy atom. The zero-order valence-corrected chi connectivity index (χ0v) is 39.8. The zero-order chi connectivity index (χ0) is 48.0. The molecule has 1 heterocycles. The highest BCUT2D eigenvalue weighted by Crippen LogP contribution is 2.64. The van der Waals surface area contributed by atoms with Crippen molar-refractivity contribution in [2.45, 2.75) is 5.41 Å². The summed E-state index contributed by atoms with van der Waals surface area (Å²) < 4.78 is 6.56. The van der Waals surface area contributed by atoms with Crippen LogP contribution in [0, 0.1) is 0 Å². The highest BCUT2D eigenvalue weighted by Gasteiger charge is 2.52. The van der Waals surface area contributed by atoms with E-state index in [1.54, 1.807) is 0 Å². The van der Waals surface area contributed by atoms with Crippen LogP contribution in [0.5, 0.6) is 0 Å². The lowest BCUT2D eigenvalue weighted by Gasteiger charge is -2.33. The van der Waals surface area contributed by atoms with Gasteiger partial charge in [-0.1, -0.05) is 237 Å². The van der Waals surface area contributed by atoms with E-state index >= 15 is 0 Å². The Kier molecular flexibility index (Phi) is 9.21. The normalized spacial score (nSPS) is 12.8. The van der Waals surface area contributed by atoms with Crippen LogP contribution in [0.3, 0.4) is 0 Å². The number of rotatable bonds is 7. The Morgan fingerprint density at radius 3 is 1.47 bits per heavy atom. The number of hydrogen-bond acceptors (Lipinski definition) is 2. The minimum Gasteiger partial charge on any atom is -0.455 e. The van der Waals surface area contributed by atoms with Crippen molar-refractivity contribution in [2.75, 3.05) is 4.90 Å². The second-order valence-electron chi connectivity index (χ2n) is 19.4. The largest absolute Gasteiger partial charge is 0.455 e. The van der Waals surface area contributed by atoms with Crippen molar-refractivity contribution in [3.05, 3.63) is 295 Å². The molecule has 0 aliphatic heterocycles. The third-order valence-corrected chi connectivity index (χ3v) is 15.7. The lowest BCUT2D eigenvalue weighted by molar-refractivity contribution is 0.670. The molecule has 1 spiro atoms. The number of furan rings is 1. The molecule has 0 saturated carbocycles. The summed E-state index contributed by atoms with van der Waals surface area (Å²) in [5, 5.41) is 4.72. The van der Waals surface area contributed by atoms with E-state index in [0.29, 0.717) is 0 Å². The molecule has 2 aliphatic rings. The van der Waals surface area contributed by atoms with Gasteiger partial charge in [-0.15, -0.1) is 0 Å². The minimum atomic E-state index is -0.496. The first-order chi connectivity index (χ1) is 36.2. The second-order valence-corrected chi connectivity index (χ2v) is 19.4. The number of benzene rings is 12. The van der Waals surface area contributed by atoms with Gasteiger partial charge in [-0.2, -0.15) is 0 Å². The predicted molar refractivity (Wildman–Crippen MR) is 304 cm³/mol. The van der Waals surface area contributed by atoms with E-state index < -0.39 is 5.41 Å². The molecule has 0 radical (unpaired) electrons. The lowest BCUT2D eigenvalue weighted by Crippen LogP contribution is -2.26. The molecule has 73 heavy (non-hydrogen) atoms. The molecule has 0 fully saturated rings. The molecule has 0 N–H and O–H groups in total. The first kappa shape index (κ1) is 41.3. The Bertz CT molecular complexity index is 4250. The molecule has 2 aliphatic carbocycles. The second kappa shape index (κ2) is 16.3. The van der Waals surface area contributed by atoms with Gasteiger partial charge in [0.05, 0.1) is 11.1 Å². The molecule has 0 atom stereocenters. The third-order valence-electron chi connectivity index (χ3n) is 15.7. The number of para-hydroxylation sites is 2. The third kappa shape index (κ3) is 6.17. The van der Waals surface area contributed by atoms with E-state index in [9.17, 15) is 0 Å². The zero-order valence-electron chi connectivity index (χ0n) is 39.8. The number of hydrogen-bond donors (Lipinski definition) is 0. The molecular weight excluding hydrogens is 883 g/mol. The topological polar surface area (TPSA) is 16.4 Å². The first-order valence-corrected chi connectivity index (χ1v) is 25.2. The monoisotopic (exact) mass is 927 g/mol. The summed E-state index contributed by atoms with van der Waals surface area (Å²) in [4.78, 5) is 2.46. The fourth-order valence-electron chi connectivity index (χ4n) is 12.6. The van der Waals surface area contributed by atoms with E-state index in [2.05, 4.69) is 272 Å². The van der Waals surface area contributed by atoms with Gasteiger partial charge < -0.3 is 9.32 Å². The molecule has 12 aromatic carbocycles. The molecule has 0 unspecified atom stereocenters. The highest BCUT2D eigenvalue weighted by atomic mass is 16.3. The van der Waals surface area contributed by atoms with Crippen LogP contribution in [-0.4, -0.2) is 0 Å². The number of nitrogens with zero attached hydrogens (tertiary/aromatic N) is 1. The number of fused-ring (bicyclic) bond motifs is 14. The average molecular weight is 928 g/mol. The van der Waals surface area contributed by atoms with Crippen molar-refractivity contribution in [1.29, 1.82) is 0 Å². The minimum absolute atomic E-state index is 0.496. The summed E-state index contributed by atoms with van der Waals surface area (Å²) in [5.74, 6) is 0. The van der Waals surface area contributed by atoms with Gasteiger partial charge in [0, 0.05) is 33.3 Å². The average Bonchev–Trinajstić information content (AvgIpc) is 4.11. The van der Waals surface area contributed by atoms with Gasteiger partial charge in [-0.3, -0.25) is 0 Å². The van der Waals surface area contributed by atoms with E-state index in [0.717, 1.165) is 66.8 Å². The molecule has 15 rings (SSSR count). The lowest BCUT2D eigenvalue weighted by atomic mass is 9.68. The van der Waals surface area contributed by atoms with Crippen LogP contribution in [0.15, 0.2) is 277 Å². The van der Waals surface area contributed by atoms with Crippen LogP contribution in [0.25, 0.3) is 99.5 Å². The summed E-state index contributed by atoms with van der Waals surface area (Å²) in [6.45, 7) is 0. The fourth-order valence-corrected chi connectivity index (χ4v) is 12.6. The van der Waals surface area contributed by atoms with Gasteiger partial charge in [0.1, 0.15) is 11.2 Å². The molecule has 1 aromatic heterocycles.